The highest BCUT2D eigenvalue weighted by Crippen LogP contribution is 2.26. The van der Waals surface area contributed by atoms with Crippen molar-refractivity contribution >= 4 is 6.09 Å². The van der Waals surface area contributed by atoms with E-state index in [0.717, 1.165) is 47.9 Å². The van der Waals surface area contributed by atoms with E-state index in [-0.39, 0.29) is 18.7 Å². The summed E-state index contributed by atoms with van der Waals surface area (Å²) in [6, 6.07) is 17.6. The van der Waals surface area contributed by atoms with Gasteiger partial charge in [-0.1, -0.05) is 30.3 Å². The number of carbonyl (C=O) groups excluding carboxylic acids is 1. The fourth-order valence-corrected chi connectivity index (χ4v) is 4.35. The van der Waals surface area contributed by atoms with Gasteiger partial charge in [-0.05, 0) is 44.0 Å². The molecule has 0 aliphatic carbocycles. The lowest BCUT2D eigenvalue weighted by atomic mass is 10.0. The van der Waals surface area contributed by atoms with Crippen LogP contribution in [0.3, 0.4) is 0 Å². The molecule has 182 valence electrons. The number of nitrogens with one attached hydrogen (secondary N) is 1. The maximum absolute atomic E-state index is 12.7. The van der Waals surface area contributed by atoms with E-state index in [4.69, 9.17) is 14.7 Å². The number of amides is 1. The van der Waals surface area contributed by atoms with Gasteiger partial charge in [-0.3, -0.25) is 4.90 Å². The summed E-state index contributed by atoms with van der Waals surface area (Å²) >= 11 is 0. The molecule has 3 aromatic rings. The van der Waals surface area contributed by atoms with Gasteiger partial charge in [-0.2, -0.15) is 5.26 Å². The molecule has 2 heterocycles. The van der Waals surface area contributed by atoms with Crippen molar-refractivity contribution in [3.8, 4) is 11.8 Å². The first-order chi connectivity index (χ1) is 17.1. The highest BCUT2D eigenvalue weighted by molar-refractivity contribution is 5.67. The zero-order chi connectivity index (χ0) is 24.6. The third-order valence-electron chi connectivity index (χ3n) is 6.23. The number of aromatic amines is 1. The first kappa shape index (κ1) is 24.3. The molecule has 8 heteroatoms. The van der Waals surface area contributed by atoms with Crippen LogP contribution in [0.2, 0.25) is 0 Å². The maximum Gasteiger partial charge on any atom is 0.410 e. The second kappa shape index (κ2) is 11.5. The summed E-state index contributed by atoms with van der Waals surface area (Å²) in [4.78, 5) is 24.7. The number of piperazine rings is 1. The lowest BCUT2D eigenvalue weighted by Crippen LogP contribution is -2.50. The van der Waals surface area contributed by atoms with Crippen LogP contribution in [0.4, 0.5) is 4.79 Å². The van der Waals surface area contributed by atoms with Crippen molar-refractivity contribution in [3.63, 3.8) is 0 Å². The van der Waals surface area contributed by atoms with Crippen LogP contribution in [-0.2, 0) is 17.8 Å². The molecule has 0 bridgehead atoms. The molecule has 1 amide bonds. The number of para-hydroxylation sites is 1. The summed E-state index contributed by atoms with van der Waals surface area (Å²) in [7, 11) is 0. The zero-order valence-electron chi connectivity index (χ0n) is 20.2. The van der Waals surface area contributed by atoms with Crippen LogP contribution < -0.4 is 4.74 Å². The van der Waals surface area contributed by atoms with E-state index in [9.17, 15) is 4.79 Å². The minimum Gasteiger partial charge on any atom is -0.493 e. The van der Waals surface area contributed by atoms with E-state index < -0.39 is 0 Å². The number of hydrogen-bond acceptors (Lipinski definition) is 6. The van der Waals surface area contributed by atoms with Crippen molar-refractivity contribution < 1.29 is 14.3 Å². The van der Waals surface area contributed by atoms with Crippen molar-refractivity contribution in [1.82, 2.24) is 19.8 Å². The van der Waals surface area contributed by atoms with Gasteiger partial charge < -0.3 is 19.4 Å². The fraction of sp³-hybridized carbons (Fsp3) is 0.370. The topological polar surface area (TPSA) is 94.5 Å². The van der Waals surface area contributed by atoms with Gasteiger partial charge in [0.25, 0.3) is 0 Å². The Bertz CT molecular complexity index is 1160. The Kier molecular flexibility index (Phi) is 8.01. The number of hydrogen-bond donors (Lipinski definition) is 1. The van der Waals surface area contributed by atoms with E-state index >= 15 is 0 Å². The van der Waals surface area contributed by atoms with Gasteiger partial charge in [0.15, 0.2) is 0 Å². The SMILES string of the molecule is CCOc1ccccc1COC(=O)N1CCN(C(Cc2ccc(C#N)cc2)c2cnc(C)[nH]2)CC1. The summed E-state index contributed by atoms with van der Waals surface area (Å²) in [5.74, 6) is 1.62. The monoisotopic (exact) mass is 473 g/mol. The molecule has 1 fully saturated rings. The van der Waals surface area contributed by atoms with Gasteiger partial charge >= 0.3 is 6.09 Å². The van der Waals surface area contributed by atoms with Crippen molar-refractivity contribution in [3.05, 3.63) is 82.9 Å². The molecule has 0 saturated carbocycles. The number of nitrogens with zero attached hydrogens (tertiary/aromatic N) is 4. The third kappa shape index (κ3) is 6.19. The van der Waals surface area contributed by atoms with Crippen LogP contribution >= 0.6 is 0 Å². The number of rotatable bonds is 8. The first-order valence-corrected chi connectivity index (χ1v) is 11.9. The molecule has 1 aliphatic heterocycles. The first-order valence-electron chi connectivity index (χ1n) is 11.9. The van der Waals surface area contributed by atoms with Gasteiger partial charge in [0, 0.05) is 37.9 Å². The number of nitriles is 1. The highest BCUT2D eigenvalue weighted by atomic mass is 16.6. The minimum atomic E-state index is -0.308. The van der Waals surface area contributed by atoms with Crippen LogP contribution in [-0.4, -0.2) is 58.6 Å². The normalized spacial score (nSPS) is 14.8. The Labute approximate surface area is 206 Å². The van der Waals surface area contributed by atoms with Crippen molar-refractivity contribution in [2.75, 3.05) is 32.8 Å². The van der Waals surface area contributed by atoms with Crippen molar-refractivity contribution in [2.45, 2.75) is 32.9 Å². The maximum atomic E-state index is 12.7. The number of imidazole rings is 1. The molecular weight excluding hydrogens is 442 g/mol. The molecule has 8 nitrogen and oxygen atoms in total. The molecule has 0 radical (unpaired) electrons. The lowest BCUT2D eigenvalue weighted by Gasteiger charge is -2.38. The van der Waals surface area contributed by atoms with E-state index in [0.29, 0.717) is 25.3 Å². The quantitative estimate of drug-likeness (QED) is 0.526. The standard InChI is InChI=1S/C27H31N5O3/c1-3-34-26-7-5-4-6-23(26)19-35-27(33)32-14-12-31(13-15-32)25(24-18-29-20(2)30-24)16-21-8-10-22(17-28)11-9-21/h4-11,18,25H,3,12-16,19H2,1-2H3,(H,29,30). The summed E-state index contributed by atoms with van der Waals surface area (Å²) in [6.07, 6.45) is 2.36. The van der Waals surface area contributed by atoms with E-state index in [1.165, 1.54) is 0 Å². The van der Waals surface area contributed by atoms with E-state index in [1.54, 1.807) is 4.90 Å². The minimum absolute atomic E-state index is 0.0976. The zero-order valence-corrected chi connectivity index (χ0v) is 20.2. The Hall–Kier alpha value is -3.83. The summed E-state index contributed by atoms with van der Waals surface area (Å²) in [6.45, 7) is 7.25. The van der Waals surface area contributed by atoms with E-state index in [1.807, 2.05) is 68.6 Å². The predicted molar refractivity (Wildman–Crippen MR) is 132 cm³/mol. The highest BCUT2D eigenvalue weighted by Gasteiger charge is 2.29. The van der Waals surface area contributed by atoms with Crippen LogP contribution in [0.25, 0.3) is 0 Å². The largest absolute Gasteiger partial charge is 0.493 e. The number of ether oxygens (including phenoxy) is 2. The number of carbonyl (C=O) groups is 1. The van der Waals surface area contributed by atoms with Crippen molar-refractivity contribution in [1.29, 1.82) is 5.26 Å². The smallest absolute Gasteiger partial charge is 0.410 e. The van der Waals surface area contributed by atoms with Gasteiger partial charge in [-0.25, -0.2) is 9.78 Å². The molecule has 35 heavy (non-hydrogen) atoms. The van der Waals surface area contributed by atoms with Crippen LogP contribution in [0.1, 0.15) is 41.2 Å². The molecule has 0 spiro atoms. The Balaban J connectivity index is 1.37. The molecule has 1 aromatic heterocycles. The summed E-state index contributed by atoms with van der Waals surface area (Å²) in [5.41, 5.74) is 3.71. The number of H-pyrrole nitrogens is 1. The van der Waals surface area contributed by atoms with Crippen LogP contribution in [0.15, 0.2) is 54.7 Å². The summed E-state index contributed by atoms with van der Waals surface area (Å²) in [5, 5.41) is 9.09. The molecule has 1 unspecified atom stereocenters. The Morgan fingerprint density at radius 3 is 2.54 bits per heavy atom. The molecule has 1 N–H and O–H groups in total. The molecular formula is C27H31N5O3. The Morgan fingerprint density at radius 2 is 1.89 bits per heavy atom. The number of aryl methyl sites for hydroxylation is 1. The average Bonchev–Trinajstić information content (AvgIpc) is 3.33. The average molecular weight is 474 g/mol. The second-order valence-electron chi connectivity index (χ2n) is 8.57. The predicted octanol–water partition coefficient (Wildman–Crippen LogP) is 4.23. The van der Waals surface area contributed by atoms with E-state index in [2.05, 4.69) is 20.9 Å². The van der Waals surface area contributed by atoms with Gasteiger partial charge in [0.05, 0.1) is 30.0 Å². The van der Waals surface area contributed by atoms with Crippen molar-refractivity contribution in [2.24, 2.45) is 0 Å². The molecule has 2 aromatic carbocycles. The lowest BCUT2D eigenvalue weighted by molar-refractivity contribution is 0.0584. The molecule has 4 rings (SSSR count). The Morgan fingerprint density at radius 1 is 1.14 bits per heavy atom. The molecule has 1 atom stereocenters. The molecule has 1 aliphatic rings. The van der Waals surface area contributed by atoms with Crippen LogP contribution in [0.5, 0.6) is 5.75 Å². The van der Waals surface area contributed by atoms with Crippen LogP contribution in [0, 0.1) is 18.3 Å². The number of benzene rings is 2. The summed E-state index contributed by atoms with van der Waals surface area (Å²) < 4.78 is 11.2. The van der Waals surface area contributed by atoms with Gasteiger partial charge in [0.2, 0.25) is 0 Å². The molecule has 1 saturated heterocycles. The fourth-order valence-electron chi connectivity index (χ4n) is 4.35. The third-order valence-corrected chi connectivity index (χ3v) is 6.23. The second-order valence-corrected chi connectivity index (χ2v) is 8.57. The van der Waals surface area contributed by atoms with Gasteiger partial charge in [0.1, 0.15) is 18.2 Å². The number of aromatic nitrogens is 2. The van der Waals surface area contributed by atoms with Gasteiger partial charge in [-0.15, -0.1) is 0 Å².